The van der Waals surface area contributed by atoms with Crippen molar-refractivity contribution in [3.63, 3.8) is 0 Å². The average Bonchev–Trinajstić information content (AvgIpc) is 3.37. The predicted molar refractivity (Wildman–Crippen MR) is 147 cm³/mol. The molecule has 194 valence electrons. The van der Waals surface area contributed by atoms with Crippen molar-refractivity contribution in [2.24, 2.45) is 0 Å². The first-order valence-corrected chi connectivity index (χ1v) is 13.3. The van der Waals surface area contributed by atoms with Gasteiger partial charge in [0.1, 0.15) is 5.01 Å². The maximum atomic E-state index is 12.6. The van der Waals surface area contributed by atoms with Gasteiger partial charge in [0.15, 0.2) is 11.6 Å². The van der Waals surface area contributed by atoms with E-state index in [4.69, 9.17) is 11.6 Å². The van der Waals surface area contributed by atoms with Crippen LogP contribution in [0.1, 0.15) is 36.4 Å². The highest BCUT2D eigenvalue weighted by Gasteiger charge is 2.25. The lowest BCUT2D eigenvalue weighted by molar-refractivity contribution is -0.116. The van der Waals surface area contributed by atoms with E-state index in [1.54, 1.807) is 12.3 Å². The minimum atomic E-state index is -0.218. The third kappa shape index (κ3) is 6.48. The minimum absolute atomic E-state index is 0.119. The summed E-state index contributed by atoms with van der Waals surface area (Å²) in [5, 5.41) is 24.4. The molecule has 38 heavy (non-hydrogen) atoms. The lowest BCUT2D eigenvalue weighted by Crippen LogP contribution is -2.33. The molecule has 1 aliphatic heterocycles. The number of piperidine rings is 1. The topological polar surface area (TPSA) is 126 Å². The third-order valence-electron chi connectivity index (χ3n) is 6.15. The van der Waals surface area contributed by atoms with E-state index in [1.807, 2.05) is 42.5 Å². The number of nitrogens with one attached hydrogen (secondary N) is 2. The Morgan fingerprint density at radius 3 is 2.47 bits per heavy atom. The van der Waals surface area contributed by atoms with Gasteiger partial charge in [0.2, 0.25) is 16.9 Å². The van der Waals surface area contributed by atoms with Gasteiger partial charge in [0.05, 0.1) is 12.1 Å². The first-order valence-electron chi connectivity index (χ1n) is 12.1. The molecule has 4 heterocycles. The molecule has 0 saturated carbocycles. The molecular formula is C26H25ClN8O2S. The standard InChI is InChI=1S/C26H25ClN8O2S/c1-16(36)29-26-34-33-25(38-26)18-9-12-35(13-10-18)23-7-6-22(31-32-23)30-24(37)15-21-14-19(8-11-28-21)17-2-4-20(27)5-3-17/h2-8,11,14,18H,9-10,12-13,15H2,1H3,(H,29,34,36)(H,30,31,37). The van der Waals surface area contributed by atoms with Crippen LogP contribution in [0, 0.1) is 0 Å². The summed E-state index contributed by atoms with van der Waals surface area (Å²) in [4.78, 5) is 30.3. The summed E-state index contributed by atoms with van der Waals surface area (Å²) in [7, 11) is 0. The Morgan fingerprint density at radius 1 is 0.974 bits per heavy atom. The molecular weight excluding hydrogens is 524 g/mol. The van der Waals surface area contributed by atoms with E-state index in [1.165, 1.54) is 18.3 Å². The first kappa shape index (κ1) is 25.7. The smallest absolute Gasteiger partial charge is 0.231 e. The molecule has 0 aliphatic carbocycles. The Bertz CT molecular complexity index is 1420. The molecule has 4 aromatic rings. The van der Waals surface area contributed by atoms with Crippen molar-refractivity contribution in [1.29, 1.82) is 0 Å². The van der Waals surface area contributed by atoms with E-state index in [9.17, 15) is 9.59 Å². The highest BCUT2D eigenvalue weighted by atomic mass is 35.5. The monoisotopic (exact) mass is 548 g/mol. The van der Waals surface area contributed by atoms with E-state index >= 15 is 0 Å². The molecule has 0 spiro atoms. The molecule has 12 heteroatoms. The molecule has 1 fully saturated rings. The fourth-order valence-corrected chi connectivity index (χ4v) is 5.35. The van der Waals surface area contributed by atoms with Gasteiger partial charge in [-0.05, 0) is 60.4 Å². The van der Waals surface area contributed by atoms with Crippen LogP contribution in [0.15, 0.2) is 54.7 Å². The third-order valence-corrected chi connectivity index (χ3v) is 7.40. The molecule has 1 saturated heterocycles. The predicted octanol–water partition coefficient (Wildman–Crippen LogP) is 4.57. The largest absolute Gasteiger partial charge is 0.355 e. The lowest BCUT2D eigenvalue weighted by atomic mass is 9.98. The van der Waals surface area contributed by atoms with E-state index in [-0.39, 0.29) is 18.2 Å². The second-order valence-corrected chi connectivity index (χ2v) is 10.4. The Balaban J connectivity index is 1.13. The number of nitrogens with zero attached hydrogens (tertiary/aromatic N) is 6. The zero-order chi connectivity index (χ0) is 26.5. The van der Waals surface area contributed by atoms with Crippen LogP contribution in [0.3, 0.4) is 0 Å². The van der Waals surface area contributed by atoms with Crippen LogP contribution in [-0.2, 0) is 16.0 Å². The van der Waals surface area contributed by atoms with Crippen molar-refractivity contribution in [3.05, 3.63) is 70.5 Å². The zero-order valence-corrected chi connectivity index (χ0v) is 22.2. The SMILES string of the molecule is CC(=O)Nc1nnc(C2CCN(c3ccc(NC(=O)Cc4cc(-c5ccc(Cl)cc5)ccn4)nn3)CC2)s1. The molecule has 1 aromatic carbocycles. The van der Waals surface area contributed by atoms with Gasteiger partial charge < -0.3 is 15.5 Å². The molecule has 1 aliphatic rings. The number of hydrogen-bond acceptors (Lipinski definition) is 9. The number of pyridine rings is 1. The second kappa shape index (κ2) is 11.6. The van der Waals surface area contributed by atoms with Crippen molar-refractivity contribution < 1.29 is 9.59 Å². The van der Waals surface area contributed by atoms with Gasteiger partial charge in [-0.15, -0.1) is 20.4 Å². The van der Waals surface area contributed by atoms with Gasteiger partial charge in [0, 0.05) is 37.2 Å². The number of benzene rings is 1. The van der Waals surface area contributed by atoms with Crippen molar-refractivity contribution in [3.8, 4) is 11.1 Å². The highest BCUT2D eigenvalue weighted by Crippen LogP contribution is 2.33. The maximum absolute atomic E-state index is 12.6. The van der Waals surface area contributed by atoms with Gasteiger partial charge in [-0.25, -0.2) is 0 Å². The summed E-state index contributed by atoms with van der Waals surface area (Å²) in [5.74, 6) is 1.08. The van der Waals surface area contributed by atoms with Crippen molar-refractivity contribution >= 4 is 51.5 Å². The Morgan fingerprint density at radius 2 is 1.76 bits per heavy atom. The van der Waals surface area contributed by atoms with Crippen LogP contribution >= 0.6 is 22.9 Å². The van der Waals surface area contributed by atoms with Crippen LogP contribution in [-0.4, -0.2) is 50.3 Å². The number of carbonyl (C=O) groups is 2. The summed E-state index contributed by atoms with van der Waals surface area (Å²) in [5.41, 5.74) is 2.62. The fourth-order valence-electron chi connectivity index (χ4n) is 4.27. The zero-order valence-electron chi connectivity index (χ0n) is 20.6. The van der Waals surface area contributed by atoms with Crippen LogP contribution in [0.25, 0.3) is 11.1 Å². The first-order chi connectivity index (χ1) is 18.4. The molecule has 2 N–H and O–H groups in total. The Hall–Kier alpha value is -3.96. The van der Waals surface area contributed by atoms with Gasteiger partial charge in [-0.2, -0.15) is 0 Å². The van der Waals surface area contributed by atoms with Gasteiger partial charge in [0.25, 0.3) is 0 Å². The molecule has 10 nitrogen and oxygen atoms in total. The molecule has 0 radical (unpaired) electrons. The Labute approximate surface area is 228 Å². The molecule has 0 atom stereocenters. The molecule has 0 unspecified atom stereocenters. The quantitative estimate of drug-likeness (QED) is 0.344. The van der Waals surface area contributed by atoms with Crippen LogP contribution < -0.4 is 15.5 Å². The second-order valence-electron chi connectivity index (χ2n) is 8.93. The number of halogens is 1. The van der Waals surface area contributed by atoms with Gasteiger partial charge in [-0.3, -0.25) is 14.6 Å². The van der Waals surface area contributed by atoms with E-state index in [0.29, 0.717) is 27.6 Å². The number of anilines is 3. The van der Waals surface area contributed by atoms with Crippen LogP contribution in [0.4, 0.5) is 16.8 Å². The number of carbonyl (C=O) groups excluding carboxylic acids is 2. The summed E-state index contributed by atoms with van der Waals surface area (Å²) in [6.45, 7) is 3.06. The normalized spacial score (nSPS) is 13.8. The Kier molecular flexibility index (Phi) is 7.85. The van der Waals surface area contributed by atoms with E-state index in [2.05, 4.69) is 40.9 Å². The molecule has 0 bridgehead atoms. The maximum Gasteiger partial charge on any atom is 0.231 e. The summed E-state index contributed by atoms with van der Waals surface area (Å²) < 4.78 is 0. The summed E-state index contributed by atoms with van der Waals surface area (Å²) in [6.07, 6.45) is 3.61. The van der Waals surface area contributed by atoms with Crippen molar-refractivity contribution in [2.75, 3.05) is 28.6 Å². The number of hydrogen-bond donors (Lipinski definition) is 2. The van der Waals surface area contributed by atoms with Crippen LogP contribution in [0.5, 0.6) is 0 Å². The summed E-state index contributed by atoms with van der Waals surface area (Å²) in [6, 6.07) is 14.9. The fraction of sp³-hybridized carbons (Fsp3) is 0.269. The molecule has 3 aromatic heterocycles. The highest BCUT2D eigenvalue weighted by molar-refractivity contribution is 7.15. The number of rotatable bonds is 7. The lowest BCUT2D eigenvalue weighted by Gasteiger charge is -2.31. The number of amides is 2. The van der Waals surface area contributed by atoms with Crippen molar-refractivity contribution in [2.45, 2.75) is 32.1 Å². The van der Waals surface area contributed by atoms with Gasteiger partial charge >= 0.3 is 0 Å². The minimum Gasteiger partial charge on any atom is -0.355 e. The molecule has 2 amide bonds. The van der Waals surface area contributed by atoms with Crippen molar-refractivity contribution in [1.82, 2.24) is 25.4 Å². The van der Waals surface area contributed by atoms with Crippen LogP contribution in [0.2, 0.25) is 5.02 Å². The molecule has 5 rings (SSSR count). The van der Waals surface area contributed by atoms with E-state index in [0.717, 1.165) is 47.9 Å². The number of aromatic nitrogens is 5. The van der Waals surface area contributed by atoms with E-state index < -0.39 is 0 Å². The van der Waals surface area contributed by atoms with Gasteiger partial charge in [-0.1, -0.05) is 35.1 Å². The average molecular weight is 549 g/mol. The summed E-state index contributed by atoms with van der Waals surface area (Å²) >= 11 is 7.40.